The first-order valence-corrected chi connectivity index (χ1v) is 7.84. The molecule has 0 N–H and O–H groups in total. The Hall–Kier alpha value is -0.640. The molecule has 0 aromatic carbocycles. The average molecular weight is 268 g/mol. The second-order valence-corrected chi connectivity index (χ2v) is 6.82. The Bertz CT molecular complexity index is 400. The van der Waals surface area contributed by atoms with Crippen molar-refractivity contribution in [2.75, 3.05) is 6.26 Å². The maximum atomic E-state index is 12.6. The van der Waals surface area contributed by atoms with Gasteiger partial charge in [0.15, 0.2) is 17.3 Å². The summed E-state index contributed by atoms with van der Waals surface area (Å²) < 4.78 is -0.572. The minimum absolute atomic E-state index is 0.0211. The van der Waals surface area contributed by atoms with E-state index in [1.54, 1.807) is 0 Å². The Morgan fingerprint density at radius 2 is 2.00 bits per heavy atom. The van der Waals surface area contributed by atoms with E-state index < -0.39 is 10.7 Å². The van der Waals surface area contributed by atoms with Gasteiger partial charge >= 0.3 is 0 Å². The van der Waals surface area contributed by atoms with Gasteiger partial charge in [-0.3, -0.25) is 14.4 Å². The molecule has 2 rings (SSSR count). The molecule has 3 unspecified atom stereocenters. The van der Waals surface area contributed by atoms with Crippen LogP contribution in [0.2, 0.25) is 0 Å². The van der Waals surface area contributed by atoms with Crippen LogP contribution in [0.15, 0.2) is 0 Å². The summed E-state index contributed by atoms with van der Waals surface area (Å²) in [7, 11) is 0. The lowest BCUT2D eigenvalue weighted by Crippen LogP contribution is -2.54. The van der Waals surface area contributed by atoms with Crippen LogP contribution in [0.5, 0.6) is 0 Å². The van der Waals surface area contributed by atoms with E-state index >= 15 is 0 Å². The first-order valence-electron chi connectivity index (χ1n) is 6.61. The standard InChI is InChI=1S/C14H20O3S/c1-4-9-7-10(15)11(12(16)8-5-6-8)13(17)14(9,2)18-3/h8-9,11H,4-7H2,1-3H3. The van der Waals surface area contributed by atoms with Crippen LogP contribution in [-0.2, 0) is 14.4 Å². The summed E-state index contributed by atoms with van der Waals surface area (Å²) >= 11 is 1.49. The van der Waals surface area contributed by atoms with Crippen LogP contribution in [0.4, 0.5) is 0 Å². The topological polar surface area (TPSA) is 51.2 Å². The van der Waals surface area contributed by atoms with Gasteiger partial charge in [0.25, 0.3) is 0 Å². The summed E-state index contributed by atoms with van der Waals surface area (Å²) in [4.78, 5) is 36.8. The van der Waals surface area contributed by atoms with Crippen molar-refractivity contribution in [2.45, 2.75) is 44.3 Å². The summed E-state index contributed by atoms with van der Waals surface area (Å²) in [5.41, 5.74) is 0. The number of carbonyl (C=O) groups is 3. The van der Waals surface area contributed by atoms with E-state index in [0.717, 1.165) is 19.3 Å². The highest BCUT2D eigenvalue weighted by Gasteiger charge is 2.54. The lowest BCUT2D eigenvalue weighted by Gasteiger charge is -2.40. The Labute approximate surface area is 112 Å². The van der Waals surface area contributed by atoms with Crippen molar-refractivity contribution in [3.63, 3.8) is 0 Å². The van der Waals surface area contributed by atoms with Crippen LogP contribution in [0, 0.1) is 17.8 Å². The van der Waals surface area contributed by atoms with Gasteiger partial charge < -0.3 is 0 Å². The number of rotatable bonds is 4. The average Bonchev–Trinajstić information content (AvgIpc) is 3.17. The van der Waals surface area contributed by atoms with Crippen LogP contribution in [-0.4, -0.2) is 28.4 Å². The fraction of sp³-hybridized carbons (Fsp3) is 0.786. The quantitative estimate of drug-likeness (QED) is 0.734. The molecule has 2 aliphatic rings. The van der Waals surface area contributed by atoms with E-state index in [1.165, 1.54) is 11.8 Å². The van der Waals surface area contributed by atoms with Gasteiger partial charge in [-0.2, -0.15) is 11.8 Å². The molecule has 2 saturated carbocycles. The van der Waals surface area contributed by atoms with Crippen LogP contribution < -0.4 is 0 Å². The summed E-state index contributed by atoms with van der Waals surface area (Å²) in [6.07, 6.45) is 4.78. The van der Waals surface area contributed by atoms with Crippen molar-refractivity contribution >= 4 is 29.1 Å². The van der Waals surface area contributed by atoms with Crippen molar-refractivity contribution in [2.24, 2.45) is 17.8 Å². The maximum absolute atomic E-state index is 12.6. The summed E-state index contributed by atoms with van der Waals surface area (Å²) in [6.45, 7) is 3.90. The van der Waals surface area contributed by atoms with Crippen molar-refractivity contribution < 1.29 is 14.4 Å². The van der Waals surface area contributed by atoms with Gasteiger partial charge in [0.2, 0.25) is 0 Å². The van der Waals surface area contributed by atoms with Gasteiger partial charge in [0.1, 0.15) is 5.92 Å². The molecular weight excluding hydrogens is 248 g/mol. The Morgan fingerprint density at radius 3 is 2.44 bits per heavy atom. The molecule has 0 aromatic rings. The molecule has 18 heavy (non-hydrogen) atoms. The number of hydrogen-bond donors (Lipinski definition) is 0. The van der Waals surface area contributed by atoms with Crippen LogP contribution in [0.1, 0.15) is 39.5 Å². The molecular formula is C14H20O3S. The van der Waals surface area contributed by atoms with Crippen molar-refractivity contribution in [3.05, 3.63) is 0 Å². The lowest BCUT2D eigenvalue weighted by molar-refractivity contribution is -0.145. The first-order chi connectivity index (χ1) is 8.45. The molecule has 3 atom stereocenters. The molecule has 0 radical (unpaired) electrons. The molecule has 0 saturated heterocycles. The molecule has 4 heteroatoms. The van der Waals surface area contributed by atoms with Crippen molar-refractivity contribution in [1.82, 2.24) is 0 Å². The first kappa shape index (κ1) is 13.8. The second-order valence-electron chi connectivity index (χ2n) is 5.56. The zero-order valence-electron chi connectivity index (χ0n) is 11.2. The van der Waals surface area contributed by atoms with E-state index in [2.05, 4.69) is 0 Å². The molecule has 0 heterocycles. The number of Topliss-reactive ketones (excluding diaryl/α,β-unsaturated/α-hetero) is 3. The van der Waals surface area contributed by atoms with Gasteiger partial charge in [-0.1, -0.05) is 13.3 Å². The number of thioether (sulfide) groups is 1. The van der Waals surface area contributed by atoms with Crippen LogP contribution in [0.3, 0.4) is 0 Å². The zero-order valence-corrected chi connectivity index (χ0v) is 12.0. The fourth-order valence-electron chi connectivity index (χ4n) is 2.88. The second kappa shape index (κ2) is 4.80. The van der Waals surface area contributed by atoms with Gasteiger partial charge in [-0.25, -0.2) is 0 Å². The molecule has 100 valence electrons. The van der Waals surface area contributed by atoms with Gasteiger partial charge in [-0.05, 0) is 31.9 Å². The molecule has 0 aromatic heterocycles. The van der Waals surface area contributed by atoms with Crippen molar-refractivity contribution in [3.8, 4) is 0 Å². The van der Waals surface area contributed by atoms with Crippen LogP contribution >= 0.6 is 11.8 Å². The number of carbonyl (C=O) groups excluding carboxylic acids is 3. The Balaban J connectivity index is 2.29. The van der Waals surface area contributed by atoms with E-state index in [9.17, 15) is 14.4 Å². The maximum Gasteiger partial charge on any atom is 0.166 e. The highest BCUT2D eigenvalue weighted by Crippen LogP contribution is 2.45. The number of ketones is 3. The molecule has 2 aliphatic carbocycles. The third-order valence-electron chi connectivity index (χ3n) is 4.48. The minimum Gasteiger partial charge on any atom is -0.298 e. The van der Waals surface area contributed by atoms with Gasteiger partial charge in [0.05, 0.1) is 4.75 Å². The molecule has 2 fully saturated rings. The number of hydrogen-bond acceptors (Lipinski definition) is 4. The summed E-state index contributed by atoms with van der Waals surface area (Å²) in [5, 5.41) is 0. The Kier molecular flexibility index (Phi) is 3.67. The largest absolute Gasteiger partial charge is 0.298 e. The minimum atomic E-state index is -0.960. The summed E-state index contributed by atoms with van der Waals surface area (Å²) in [6, 6.07) is 0. The van der Waals surface area contributed by atoms with Crippen LogP contribution in [0.25, 0.3) is 0 Å². The third-order valence-corrected chi connectivity index (χ3v) is 5.86. The highest BCUT2D eigenvalue weighted by molar-refractivity contribution is 8.00. The van der Waals surface area contributed by atoms with E-state index in [1.807, 2.05) is 20.1 Å². The zero-order chi connectivity index (χ0) is 13.5. The predicted octanol–water partition coefficient (Wildman–Crippen LogP) is 2.27. The summed E-state index contributed by atoms with van der Waals surface area (Å²) in [5.74, 6) is -1.31. The third kappa shape index (κ3) is 2.04. The van der Waals surface area contributed by atoms with Gasteiger partial charge in [0, 0.05) is 12.3 Å². The lowest BCUT2D eigenvalue weighted by atomic mass is 9.69. The molecule has 3 nitrogen and oxygen atoms in total. The van der Waals surface area contributed by atoms with Gasteiger partial charge in [-0.15, -0.1) is 0 Å². The fourth-order valence-corrected chi connectivity index (χ4v) is 3.78. The molecule has 0 spiro atoms. The SMILES string of the molecule is CCC1CC(=O)C(C(=O)C2CC2)C(=O)C1(C)SC. The van der Waals surface area contributed by atoms with Crippen molar-refractivity contribution in [1.29, 1.82) is 0 Å². The normalized spacial score (nSPS) is 36.8. The van der Waals surface area contributed by atoms with E-state index in [-0.39, 0.29) is 29.2 Å². The highest BCUT2D eigenvalue weighted by atomic mass is 32.2. The van der Waals surface area contributed by atoms with E-state index in [4.69, 9.17) is 0 Å². The Morgan fingerprint density at radius 1 is 1.39 bits per heavy atom. The smallest absolute Gasteiger partial charge is 0.166 e. The molecule has 0 amide bonds. The molecule has 0 bridgehead atoms. The monoisotopic (exact) mass is 268 g/mol. The van der Waals surface area contributed by atoms with E-state index in [0.29, 0.717) is 6.42 Å². The predicted molar refractivity (Wildman–Crippen MR) is 71.6 cm³/mol. The molecule has 0 aliphatic heterocycles.